The van der Waals surface area contributed by atoms with Crippen molar-refractivity contribution in [3.63, 3.8) is 0 Å². The minimum Gasteiger partial charge on any atom is -0.384 e. The summed E-state index contributed by atoms with van der Waals surface area (Å²) in [4.78, 5) is 4.06. The number of rotatable bonds is 1. The van der Waals surface area contributed by atoms with Crippen LogP contribution < -0.4 is 5.73 Å². The average Bonchev–Trinajstić information content (AvgIpc) is 1.88. The van der Waals surface area contributed by atoms with Gasteiger partial charge < -0.3 is 5.73 Å². The van der Waals surface area contributed by atoms with Gasteiger partial charge in [0.15, 0.2) is 0 Å². The van der Waals surface area contributed by atoms with Crippen LogP contribution in [0, 0.1) is 5.92 Å². The predicted octanol–water partition coefficient (Wildman–Crippen LogP) is 1.68. The first-order valence-corrected chi connectivity index (χ1v) is 3.76. The lowest BCUT2D eigenvalue weighted by Gasteiger charge is -2.17. The normalized spacial score (nSPS) is 25.6. The van der Waals surface area contributed by atoms with Gasteiger partial charge in [0.25, 0.3) is 0 Å². The van der Waals surface area contributed by atoms with E-state index in [2.05, 4.69) is 18.8 Å². The fraction of sp³-hybridized carbons (Fsp3) is 0.625. The summed E-state index contributed by atoms with van der Waals surface area (Å²) in [6.45, 7) is 4.32. The summed E-state index contributed by atoms with van der Waals surface area (Å²) in [7, 11) is 0. The van der Waals surface area contributed by atoms with E-state index in [0.29, 0.717) is 5.92 Å². The molecule has 1 aliphatic rings. The van der Waals surface area contributed by atoms with Crippen LogP contribution in [0.4, 0.5) is 0 Å². The zero-order chi connectivity index (χ0) is 7.56. The van der Waals surface area contributed by atoms with Gasteiger partial charge in [0, 0.05) is 6.21 Å². The van der Waals surface area contributed by atoms with Crippen molar-refractivity contribution >= 4 is 6.21 Å². The van der Waals surface area contributed by atoms with Gasteiger partial charge in [0.2, 0.25) is 0 Å². The molecule has 0 unspecified atom stereocenters. The molecule has 0 aliphatic carbocycles. The quantitative estimate of drug-likeness (QED) is 0.588. The lowest BCUT2D eigenvalue weighted by atomic mass is 9.94. The molecule has 2 heteroatoms. The van der Waals surface area contributed by atoms with Gasteiger partial charge >= 0.3 is 0 Å². The highest BCUT2D eigenvalue weighted by molar-refractivity contribution is 5.62. The first kappa shape index (κ1) is 7.32. The van der Waals surface area contributed by atoms with Crippen molar-refractivity contribution < 1.29 is 0 Å². The van der Waals surface area contributed by atoms with Crippen LogP contribution in [0.1, 0.15) is 26.7 Å². The van der Waals surface area contributed by atoms with Crippen LogP contribution in [0.5, 0.6) is 0 Å². The molecule has 0 aromatic heterocycles. The molecule has 56 valence electrons. The SMILES string of the molecule is CCC1=C(N)N=CC[C@H]1C. The van der Waals surface area contributed by atoms with Gasteiger partial charge in [-0.05, 0) is 24.3 Å². The molecular weight excluding hydrogens is 124 g/mol. The molecule has 0 aromatic carbocycles. The van der Waals surface area contributed by atoms with Gasteiger partial charge in [-0.1, -0.05) is 13.8 Å². The van der Waals surface area contributed by atoms with Gasteiger partial charge in [0.05, 0.1) is 0 Å². The fourth-order valence-electron chi connectivity index (χ4n) is 1.32. The van der Waals surface area contributed by atoms with Crippen molar-refractivity contribution in [2.24, 2.45) is 16.6 Å². The average molecular weight is 138 g/mol. The molecular formula is C8H14N2. The number of aliphatic imine (C=N–C) groups is 1. The van der Waals surface area contributed by atoms with E-state index in [4.69, 9.17) is 5.73 Å². The third kappa shape index (κ3) is 1.20. The van der Waals surface area contributed by atoms with E-state index in [9.17, 15) is 0 Å². The van der Waals surface area contributed by atoms with Crippen LogP contribution in [-0.4, -0.2) is 6.21 Å². The van der Waals surface area contributed by atoms with E-state index >= 15 is 0 Å². The van der Waals surface area contributed by atoms with Crippen LogP contribution >= 0.6 is 0 Å². The van der Waals surface area contributed by atoms with E-state index in [1.807, 2.05) is 6.21 Å². The molecule has 0 radical (unpaired) electrons. The first-order chi connectivity index (χ1) is 4.75. The Kier molecular flexibility index (Phi) is 2.10. The molecule has 0 saturated carbocycles. The molecule has 1 heterocycles. The minimum absolute atomic E-state index is 0.600. The van der Waals surface area contributed by atoms with Gasteiger partial charge in [0.1, 0.15) is 5.82 Å². The van der Waals surface area contributed by atoms with Crippen LogP contribution in [0.3, 0.4) is 0 Å². The highest BCUT2D eigenvalue weighted by atomic mass is 14.9. The second kappa shape index (κ2) is 2.86. The van der Waals surface area contributed by atoms with E-state index in [-0.39, 0.29) is 0 Å². The molecule has 1 atom stereocenters. The van der Waals surface area contributed by atoms with Crippen LogP contribution in [0.2, 0.25) is 0 Å². The maximum atomic E-state index is 5.66. The molecule has 2 N–H and O–H groups in total. The highest BCUT2D eigenvalue weighted by Gasteiger charge is 2.12. The third-order valence-corrected chi connectivity index (χ3v) is 1.99. The number of allylic oxidation sites excluding steroid dienone is 1. The van der Waals surface area contributed by atoms with E-state index < -0.39 is 0 Å². The van der Waals surface area contributed by atoms with Gasteiger partial charge in [-0.15, -0.1) is 0 Å². The Bertz CT molecular complexity index is 180. The van der Waals surface area contributed by atoms with Crippen LogP contribution in [-0.2, 0) is 0 Å². The van der Waals surface area contributed by atoms with Crippen molar-refractivity contribution in [2.75, 3.05) is 0 Å². The number of nitrogens with two attached hydrogens (primary N) is 1. The van der Waals surface area contributed by atoms with Crippen molar-refractivity contribution in [1.82, 2.24) is 0 Å². The Morgan fingerprint density at radius 2 is 2.50 bits per heavy atom. The van der Waals surface area contributed by atoms with Crippen molar-refractivity contribution in [1.29, 1.82) is 0 Å². The van der Waals surface area contributed by atoms with Gasteiger partial charge in [-0.2, -0.15) is 0 Å². The zero-order valence-corrected chi connectivity index (χ0v) is 6.59. The largest absolute Gasteiger partial charge is 0.384 e. The first-order valence-electron chi connectivity index (χ1n) is 3.76. The molecule has 2 nitrogen and oxygen atoms in total. The van der Waals surface area contributed by atoms with E-state index in [1.165, 1.54) is 5.57 Å². The summed E-state index contributed by atoms with van der Waals surface area (Å²) < 4.78 is 0. The number of hydrogen-bond acceptors (Lipinski definition) is 2. The molecule has 10 heavy (non-hydrogen) atoms. The van der Waals surface area contributed by atoms with Crippen molar-refractivity contribution in [2.45, 2.75) is 26.7 Å². The molecule has 0 spiro atoms. The molecule has 0 fully saturated rings. The van der Waals surface area contributed by atoms with Gasteiger partial charge in [-0.25, -0.2) is 4.99 Å². The molecule has 0 saturated heterocycles. The minimum atomic E-state index is 0.600. The Hall–Kier alpha value is -0.790. The topological polar surface area (TPSA) is 38.4 Å². The Labute approximate surface area is 61.8 Å². The third-order valence-electron chi connectivity index (χ3n) is 1.99. The summed E-state index contributed by atoms with van der Waals surface area (Å²) in [5, 5.41) is 0. The summed E-state index contributed by atoms with van der Waals surface area (Å²) in [6.07, 6.45) is 3.98. The van der Waals surface area contributed by atoms with Crippen LogP contribution in [0.15, 0.2) is 16.4 Å². The highest BCUT2D eigenvalue weighted by Crippen LogP contribution is 2.22. The monoisotopic (exact) mass is 138 g/mol. The second-order valence-electron chi connectivity index (χ2n) is 2.71. The summed E-state index contributed by atoms with van der Waals surface area (Å²) in [5.41, 5.74) is 6.97. The molecule has 0 bridgehead atoms. The lowest BCUT2D eigenvalue weighted by Crippen LogP contribution is -2.12. The lowest BCUT2D eigenvalue weighted by molar-refractivity contribution is 0.664. The number of nitrogens with zero attached hydrogens (tertiary/aromatic N) is 1. The molecule has 0 aromatic rings. The Balaban J connectivity index is 2.83. The Morgan fingerprint density at radius 3 is 2.90 bits per heavy atom. The zero-order valence-electron chi connectivity index (χ0n) is 6.59. The standard InChI is InChI=1S/C8H14N2/c1-3-7-6(2)4-5-10-8(7)9/h5-6H,3-4,9H2,1-2H3/t6-/m1/s1. The van der Waals surface area contributed by atoms with Crippen LogP contribution in [0.25, 0.3) is 0 Å². The summed E-state index contributed by atoms with van der Waals surface area (Å²) in [6, 6.07) is 0. The number of hydrogen-bond donors (Lipinski definition) is 1. The van der Waals surface area contributed by atoms with E-state index in [1.54, 1.807) is 0 Å². The second-order valence-corrected chi connectivity index (χ2v) is 2.71. The van der Waals surface area contributed by atoms with Crippen molar-refractivity contribution in [3.05, 3.63) is 11.4 Å². The maximum absolute atomic E-state index is 5.66. The molecule has 0 amide bonds. The van der Waals surface area contributed by atoms with E-state index in [0.717, 1.165) is 18.7 Å². The Morgan fingerprint density at radius 1 is 1.80 bits per heavy atom. The van der Waals surface area contributed by atoms with Gasteiger partial charge in [-0.3, -0.25) is 0 Å². The van der Waals surface area contributed by atoms with Crippen molar-refractivity contribution in [3.8, 4) is 0 Å². The molecule has 1 aliphatic heterocycles. The predicted molar refractivity (Wildman–Crippen MR) is 43.8 cm³/mol. The maximum Gasteiger partial charge on any atom is 0.122 e. The summed E-state index contributed by atoms with van der Waals surface area (Å²) in [5.74, 6) is 1.34. The molecule has 1 rings (SSSR count). The fourth-order valence-corrected chi connectivity index (χ4v) is 1.32. The smallest absolute Gasteiger partial charge is 0.122 e. The summed E-state index contributed by atoms with van der Waals surface area (Å²) >= 11 is 0.